The molecule has 5 heteroatoms. The van der Waals surface area contributed by atoms with E-state index in [-0.39, 0.29) is 0 Å². The van der Waals surface area contributed by atoms with Gasteiger partial charge in [-0.15, -0.1) is 10.2 Å². The van der Waals surface area contributed by atoms with Gasteiger partial charge in [0, 0.05) is 16.6 Å². The minimum absolute atomic E-state index is 0.542. The lowest BCUT2D eigenvalue weighted by atomic mass is 10.2. The van der Waals surface area contributed by atoms with Crippen molar-refractivity contribution in [2.24, 2.45) is 0 Å². The van der Waals surface area contributed by atoms with Crippen LogP contribution in [-0.4, -0.2) is 16.2 Å². The van der Waals surface area contributed by atoms with E-state index in [1.165, 1.54) is 25.7 Å². The highest BCUT2D eigenvalue weighted by molar-refractivity contribution is 6.30. The summed E-state index contributed by atoms with van der Waals surface area (Å²) in [6, 6.07) is 7.99. The Labute approximate surface area is 117 Å². The highest BCUT2D eigenvalue weighted by Gasteiger charge is 2.15. The maximum atomic E-state index is 5.85. The molecule has 1 aliphatic rings. The number of hydrogen-bond donors (Lipinski definition) is 1. The van der Waals surface area contributed by atoms with E-state index in [1.807, 2.05) is 24.3 Å². The molecule has 1 fully saturated rings. The fourth-order valence-corrected chi connectivity index (χ4v) is 2.52. The minimum Gasteiger partial charge on any atom is -0.419 e. The minimum atomic E-state index is 0.542. The van der Waals surface area contributed by atoms with Crippen LogP contribution in [0, 0.1) is 0 Å². The fraction of sp³-hybridized carbons (Fsp3) is 0.429. The van der Waals surface area contributed by atoms with Gasteiger partial charge < -0.3 is 9.73 Å². The van der Waals surface area contributed by atoms with Crippen LogP contribution in [0.25, 0.3) is 11.5 Å². The van der Waals surface area contributed by atoms with Crippen molar-refractivity contribution in [2.45, 2.75) is 38.3 Å². The van der Waals surface area contributed by atoms with Crippen LogP contribution >= 0.6 is 11.6 Å². The van der Waals surface area contributed by atoms with Gasteiger partial charge in [-0.25, -0.2) is 0 Å². The number of nitrogens with zero attached hydrogens (tertiary/aromatic N) is 2. The van der Waals surface area contributed by atoms with Gasteiger partial charge in [-0.2, -0.15) is 0 Å². The van der Waals surface area contributed by atoms with Gasteiger partial charge in [-0.3, -0.25) is 0 Å². The third-order valence-corrected chi connectivity index (χ3v) is 3.71. The van der Waals surface area contributed by atoms with Crippen LogP contribution in [0.15, 0.2) is 28.7 Å². The summed E-state index contributed by atoms with van der Waals surface area (Å²) in [5.41, 5.74) is 0.893. The van der Waals surface area contributed by atoms with E-state index in [4.69, 9.17) is 16.0 Å². The Bertz CT molecular complexity index is 532. The van der Waals surface area contributed by atoms with Crippen molar-refractivity contribution in [3.63, 3.8) is 0 Å². The molecule has 2 aromatic rings. The van der Waals surface area contributed by atoms with Crippen LogP contribution in [-0.2, 0) is 6.54 Å². The molecule has 0 radical (unpaired) electrons. The molecular formula is C14H16ClN3O. The highest BCUT2D eigenvalue weighted by Crippen LogP contribution is 2.21. The number of rotatable bonds is 4. The summed E-state index contributed by atoms with van der Waals surface area (Å²) >= 11 is 5.85. The second-order valence-corrected chi connectivity index (χ2v) is 5.31. The number of halogens is 1. The summed E-state index contributed by atoms with van der Waals surface area (Å²) in [6.45, 7) is 0.644. The molecule has 0 spiro atoms. The molecule has 1 aliphatic carbocycles. The Morgan fingerprint density at radius 1 is 1.16 bits per heavy atom. The molecule has 0 unspecified atom stereocenters. The van der Waals surface area contributed by atoms with Crippen LogP contribution < -0.4 is 5.32 Å². The largest absolute Gasteiger partial charge is 0.419 e. The van der Waals surface area contributed by atoms with Gasteiger partial charge in [0.2, 0.25) is 11.8 Å². The average Bonchev–Trinajstić information content (AvgIpc) is 3.09. The first kappa shape index (κ1) is 12.6. The predicted octanol–water partition coefficient (Wildman–Crippen LogP) is 3.42. The molecule has 1 heterocycles. The van der Waals surface area contributed by atoms with Gasteiger partial charge in [0.1, 0.15) is 0 Å². The van der Waals surface area contributed by atoms with Crippen molar-refractivity contribution in [1.29, 1.82) is 0 Å². The molecular weight excluding hydrogens is 262 g/mol. The molecule has 1 N–H and O–H groups in total. The number of aromatic nitrogens is 2. The zero-order valence-electron chi connectivity index (χ0n) is 10.6. The first-order valence-corrected chi connectivity index (χ1v) is 7.01. The molecule has 0 amide bonds. The summed E-state index contributed by atoms with van der Waals surface area (Å²) in [5, 5.41) is 12.3. The topological polar surface area (TPSA) is 51.0 Å². The van der Waals surface area contributed by atoms with Gasteiger partial charge >= 0.3 is 0 Å². The van der Waals surface area contributed by atoms with Gasteiger partial charge in [0.05, 0.1) is 6.54 Å². The van der Waals surface area contributed by atoms with E-state index in [0.29, 0.717) is 29.4 Å². The van der Waals surface area contributed by atoms with Crippen LogP contribution in [0.1, 0.15) is 31.6 Å². The van der Waals surface area contributed by atoms with Crippen molar-refractivity contribution in [1.82, 2.24) is 15.5 Å². The van der Waals surface area contributed by atoms with Gasteiger partial charge in [-0.1, -0.05) is 24.4 Å². The summed E-state index contributed by atoms with van der Waals surface area (Å²) in [4.78, 5) is 0. The molecule has 1 aromatic heterocycles. The lowest BCUT2D eigenvalue weighted by molar-refractivity contribution is 0.440. The first-order valence-electron chi connectivity index (χ1n) is 6.63. The van der Waals surface area contributed by atoms with E-state index in [2.05, 4.69) is 15.5 Å². The second-order valence-electron chi connectivity index (χ2n) is 4.87. The molecule has 1 aromatic carbocycles. The predicted molar refractivity (Wildman–Crippen MR) is 73.8 cm³/mol. The Balaban J connectivity index is 1.63. The highest BCUT2D eigenvalue weighted by atomic mass is 35.5. The Morgan fingerprint density at radius 2 is 1.89 bits per heavy atom. The smallest absolute Gasteiger partial charge is 0.247 e. The summed E-state index contributed by atoms with van der Waals surface area (Å²) in [6.07, 6.45) is 5.13. The lowest BCUT2D eigenvalue weighted by Gasteiger charge is -2.08. The number of benzene rings is 1. The van der Waals surface area contributed by atoms with Gasteiger partial charge in [0.25, 0.3) is 0 Å². The molecule has 0 atom stereocenters. The normalized spacial score (nSPS) is 16.1. The van der Waals surface area contributed by atoms with E-state index >= 15 is 0 Å². The quantitative estimate of drug-likeness (QED) is 0.930. The van der Waals surface area contributed by atoms with Crippen LogP contribution in [0.5, 0.6) is 0 Å². The van der Waals surface area contributed by atoms with Crippen molar-refractivity contribution in [3.8, 4) is 11.5 Å². The molecule has 1 saturated carbocycles. The lowest BCUT2D eigenvalue weighted by Crippen LogP contribution is -2.25. The molecule has 3 rings (SSSR count). The third-order valence-electron chi connectivity index (χ3n) is 3.46. The molecule has 100 valence electrons. The van der Waals surface area contributed by atoms with Crippen molar-refractivity contribution in [3.05, 3.63) is 35.2 Å². The van der Waals surface area contributed by atoms with Crippen molar-refractivity contribution >= 4 is 11.6 Å². The Morgan fingerprint density at radius 3 is 2.63 bits per heavy atom. The van der Waals surface area contributed by atoms with E-state index < -0.39 is 0 Å². The first-order chi connectivity index (χ1) is 9.31. The average molecular weight is 278 g/mol. The van der Waals surface area contributed by atoms with Crippen LogP contribution in [0.3, 0.4) is 0 Å². The SMILES string of the molecule is Clc1ccc(-c2nnc(CNC3CCCC3)o2)cc1. The number of hydrogen-bond acceptors (Lipinski definition) is 4. The molecule has 0 bridgehead atoms. The molecule has 4 nitrogen and oxygen atoms in total. The monoisotopic (exact) mass is 277 g/mol. The van der Waals surface area contributed by atoms with E-state index in [9.17, 15) is 0 Å². The fourth-order valence-electron chi connectivity index (χ4n) is 2.40. The molecule has 0 aliphatic heterocycles. The maximum absolute atomic E-state index is 5.85. The standard InChI is InChI=1S/C14H16ClN3O/c15-11-7-5-10(6-8-11)14-18-17-13(19-14)9-16-12-3-1-2-4-12/h5-8,12,16H,1-4,9H2. The van der Waals surface area contributed by atoms with Crippen LogP contribution in [0.2, 0.25) is 5.02 Å². The Hall–Kier alpha value is -1.39. The second kappa shape index (κ2) is 5.72. The zero-order chi connectivity index (χ0) is 13.1. The van der Waals surface area contributed by atoms with Crippen LogP contribution in [0.4, 0.5) is 0 Å². The molecule has 19 heavy (non-hydrogen) atoms. The summed E-state index contributed by atoms with van der Waals surface area (Å²) in [7, 11) is 0. The van der Waals surface area contributed by atoms with Gasteiger partial charge in [-0.05, 0) is 37.1 Å². The molecule has 0 saturated heterocycles. The Kier molecular flexibility index (Phi) is 3.80. The third kappa shape index (κ3) is 3.14. The number of nitrogens with one attached hydrogen (secondary N) is 1. The van der Waals surface area contributed by atoms with Crippen molar-refractivity contribution in [2.75, 3.05) is 0 Å². The van der Waals surface area contributed by atoms with Crippen molar-refractivity contribution < 1.29 is 4.42 Å². The maximum Gasteiger partial charge on any atom is 0.247 e. The van der Waals surface area contributed by atoms with E-state index in [1.54, 1.807) is 0 Å². The van der Waals surface area contributed by atoms with Gasteiger partial charge in [0.15, 0.2) is 0 Å². The van der Waals surface area contributed by atoms with E-state index in [0.717, 1.165) is 5.56 Å². The zero-order valence-corrected chi connectivity index (χ0v) is 11.4. The summed E-state index contributed by atoms with van der Waals surface area (Å²) < 4.78 is 5.64. The summed E-state index contributed by atoms with van der Waals surface area (Å²) in [5.74, 6) is 1.18.